The van der Waals surface area contributed by atoms with E-state index in [9.17, 15) is 41.8 Å². The molecule has 0 unspecified atom stereocenters. The van der Waals surface area contributed by atoms with E-state index in [2.05, 4.69) is 9.97 Å². The van der Waals surface area contributed by atoms with Crippen LogP contribution in [0.1, 0.15) is 15.9 Å². The quantitative estimate of drug-likeness (QED) is 0.244. The van der Waals surface area contributed by atoms with Crippen LogP contribution in [-0.4, -0.2) is 74.1 Å². The molecule has 6 rings (SSSR count). The van der Waals surface area contributed by atoms with Gasteiger partial charge >= 0.3 is 17.8 Å². The molecule has 2 N–H and O–H groups in total. The number of aliphatic carboxylic acids is 1. The number of carbonyl (C=O) groups is 2. The fraction of sp³-hybridized carbons (Fsp3) is 0.250. The van der Waals surface area contributed by atoms with Crippen LogP contribution in [-0.2, 0) is 23.0 Å². The Morgan fingerprint density at radius 1 is 1.06 bits per heavy atom. The summed E-state index contributed by atoms with van der Waals surface area (Å²) in [6.07, 6.45) is -1.92. The zero-order valence-electron chi connectivity index (χ0n) is 25.7. The Hall–Kier alpha value is -5.78. The molecule has 1 saturated heterocycles. The van der Waals surface area contributed by atoms with Crippen molar-refractivity contribution < 1.29 is 45.8 Å². The number of benzene rings is 2. The Balaban J connectivity index is 1.34. The summed E-state index contributed by atoms with van der Waals surface area (Å²) in [7, 11) is 1.42. The smallest absolute Gasteiger partial charge is 0.411 e. The Kier molecular flexibility index (Phi) is 8.81. The number of carboxylic acids is 1. The highest BCUT2D eigenvalue weighted by molar-refractivity contribution is 5.98. The molecule has 1 aliphatic rings. The summed E-state index contributed by atoms with van der Waals surface area (Å²) in [4.78, 5) is 60.7. The molecule has 1 amide bonds. The molecule has 0 aliphatic carbocycles. The largest absolute Gasteiger partial charge is 0.480 e. The molecular formula is C32H24F6N6O6. The van der Waals surface area contributed by atoms with Crippen molar-refractivity contribution in [2.75, 3.05) is 24.7 Å². The summed E-state index contributed by atoms with van der Waals surface area (Å²) in [5.74, 6) is -7.16. The maximum absolute atomic E-state index is 15.2. The Bertz CT molecular complexity index is 2290. The second-order valence-corrected chi connectivity index (χ2v) is 11.3. The molecule has 4 heterocycles. The minimum absolute atomic E-state index is 0.0466. The number of rotatable bonds is 7. The third-order valence-corrected chi connectivity index (χ3v) is 8.32. The number of carboxylic acid groups (broad SMARTS) is 1. The monoisotopic (exact) mass is 702 g/mol. The van der Waals surface area contributed by atoms with E-state index < -0.39 is 83.1 Å². The van der Waals surface area contributed by atoms with Gasteiger partial charge in [-0.15, -0.1) is 0 Å². The minimum atomic E-state index is -4.79. The average Bonchev–Trinajstić information content (AvgIpc) is 3.07. The fourth-order valence-electron chi connectivity index (χ4n) is 5.89. The lowest BCUT2D eigenvalue weighted by atomic mass is 9.99. The van der Waals surface area contributed by atoms with Crippen molar-refractivity contribution in [3.05, 3.63) is 104 Å². The number of pyridine rings is 2. The third kappa shape index (κ3) is 6.13. The summed E-state index contributed by atoms with van der Waals surface area (Å²) in [5.41, 5.74) is -3.10. The van der Waals surface area contributed by atoms with Crippen LogP contribution < -0.4 is 21.5 Å². The average molecular weight is 703 g/mol. The molecule has 3 aromatic heterocycles. The van der Waals surface area contributed by atoms with Gasteiger partial charge in [0.1, 0.15) is 35.1 Å². The van der Waals surface area contributed by atoms with Crippen LogP contribution in [0.2, 0.25) is 0 Å². The normalized spacial score (nSPS) is 15.7. The number of carbonyl (C=O) groups excluding carboxylic acids is 1. The van der Waals surface area contributed by atoms with Gasteiger partial charge in [0, 0.05) is 43.5 Å². The van der Waals surface area contributed by atoms with Crippen LogP contribution >= 0.6 is 0 Å². The zero-order valence-corrected chi connectivity index (χ0v) is 25.7. The lowest BCUT2D eigenvalue weighted by Crippen LogP contribution is -2.53. The number of anilines is 1. The van der Waals surface area contributed by atoms with Crippen LogP contribution in [0.15, 0.2) is 64.6 Å². The Morgan fingerprint density at radius 3 is 2.46 bits per heavy atom. The van der Waals surface area contributed by atoms with Crippen LogP contribution in [0.5, 0.6) is 0 Å². The van der Waals surface area contributed by atoms with E-state index in [1.807, 2.05) is 5.32 Å². The fourth-order valence-corrected chi connectivity index (χ4v) is 5.89. The summed E-state index contributed by atoms with van der Waals surface area (Å²) in [6.45, 7) is -1.28. The molecule has 50 heavy (non-hydrogen) atoms. The maximum atomic E-state index is 15.2. The molecule has 2 atom stereocenters. The maximum Gasteiger partial charge on any atom is 0.411 e. The van der Waals surface area contributed by atoms with Crippen LogP contribution in [0, 0.1) is 17.5 Å². The third-order valence-electron chi connectivity index (χ3n) is 8.32. The number of aryl methyl sites for hydroxylation is 1. The molecular weight excluding hydrogens is 678 g/mol. The first-order chi connectivity index (χ1) is 23.7. The van der Waals surface area contributed by atoms with Gasteiger partial charge in [-0.25, -0.2) is 27.3 Å². The zero-order chi connectivity index (χ0) is 36.1. The molecule has 5 aromatic rings. The van der Waals surface area contributed by atoms with Gasteiger partial charge in [-0.2, -0.15) is 13.2 Å². The number of aromatic nitrogens is 4. The molecule has 2 aromatic carbocycles. The van der Waals surface area contributed by atoms with Gasteiger partial charge in [-0.3, -0.25) is 24.1 Å². The van der Waals surface area contributed by atoms with Crippen molar-refractivity contribution in [2.24, 2.45) is 7.05 Å². The van der Waals surface area contributed by atoms with Gasteiger partial charge in [-0.1, -0.05) is 6.07 Å². The highest BCUT2D eigenvalue weighted by Crippen LogP contribution is 2.33. The predicted molar refractivity (Wildman–Crippen MR) is 165 cm³/mol. The standard InChI is InChI=1S/C32H24F6N6O6/c1-42-23-4-5-39-13-19(23)29(46)44(31(42)49)24-3-2-15(18-9-16(33)12-40-27(18)24)8-22(30(47)48)41-28(45)26-20(34)10-17(11-21(26)35)43-6-7-50-14-25(43)32(36,37)38/h2-5,9-13,22,25H,6-8,14H2,1H3,(H,41,45)(H,47,48)/t22-,25+/m0/s1. The molecule has 1 aliphatic heterocycles. The van der Waals surface area contributed by atoms with Crippen molar-refractivity contribution in [3.63, 3.8) is 0 Å². The molecule has 18 heteroatoms. The number of alkyl halides is 3. The first-order valence-electron chi connectivity index (χ1n) is 14.7. The van der Waals surface area contributed by atoms with E-state index in [0.29, 0.717) is 22.5 Å². The predicted octanol–water partition coefficient (Wildman–Crippen LogP) is 3.24. The van der Waals surface area contributed by atoms with Crippen molar-refractivity contribution in [3.8, 4) is 5.69 Å². The second kappa shape index (κ2) is 12.9. The number of hydrogen-bond donors (Lipinski definition) is 2. The number of halogens is 6. The van der Waals surface area contributed by atoms with Gasteiger partial charge in [-0.05, 0) is 35.9 Å². The van der Waals surface area contributed by atoms with E-state index in [-0.39, 0.29) is 40.7 Å². The molecule has 260 valence electrons. The van der Waals surface area contributed by atoms with E-state index in [4.69, 9.17) is 4.74 Å². The SMILES string of the molecule is Cn1c(=O)n(-c2ccc(C[C@H](NC(=O)c3c(F)cc(N4CCOC[C@@H]4C(F)(F)F)cc3F)C(=O)O)c3cc(F)cnc23)c(=O)c2cnccc21. The van der Waals surface area contributed by atoms with E-state index in [1.165, 1.54) is 42.2 Å². The highest BCUT2D eigenvalue weighted by Gasteiger charge is 2.46. The van der Waals surface area contributed by atoms with Crippen LogP contribution in [0.4, 0.5) is 32.0 Å². The van der Waals surface area contributed by atoms with E-state index >= 15 is 8.78 Å². The van der Waals surface area contributed by atoms with Crippen molar-refractivity contribution in [1.82, 2.24) is 24.4 Å². The first-order valence-corrected chi connectivity index (χ1v) is 14.7. The number of hydrogen-bond acceptors (Lipinski definition) is 8. The van der Waals surface area contributed by atoms with Crippen molar-refractivity contribution >= 4 is 39.4 Å². The Morgan fingerprint density at radius 2 is 1.78 bits per heavy atom. The summed E-state index contributed by atoms with van der Waals surface area (Å²) in [5, 5.41) is 12.0. The summed E-state index contributed by atoms with van der Waals surface area (Å²) < 4.78 is 92.3. The van der Waals surface area contributed by atoms with E-state index in [0.717, 1.165) is 16.8 Å². The molecule has 0 radical (unpaired) electrons. The number of morpholine rings is 1. The number of nitrogens with one attached hydrogen (secondary N) is 1. The number of ether oxygens (including phenoxy) is 1. The van der Waals surface area contributed by atoms with Gasteiger partial charge in [0.2, 0.25) is 0 Å². The molecule has 1 fully saturated rings. The van der Waals surface area contributed by atoms with Crippen molar-refractivity contribution in [1.29, 1.82) is 0 Å². The second-order valence-electron chi connectivity index (χ2n) is 11.3. The first kappa shape index (κ1) is 34.1. The number of fused-ring (bicyclic) bond motifs is 2. The van der Waals surface area contributed by atoms with Crippen molar-refractivity contribution in [2.45, 2.75) is 24.7 Å². The molecule has 0 saturated carbocycles. The number of nitrogens with zero attached hydrogens (tertiary/aromatic N) is 5. The van der Waals surface area contributed by atoms with Gasteiger partial charge < -0.3 is 20.1 Å². The van der Waals surface area contributed by atoms with Gasteiger partial charge in [0.05, 0.1) is 41.5 Å². The van der Waals surface area contributed by atoms with Gasteiger partial charge in [0.25, 0.3) is 11.5 Å². The lowest BCUT2D eigenvalue weighted by Gasteiger charge is -2.38. The molecule has 0 spiro atoms. The lowest BCUT2D eigenvalue weighted by molar-refractivity contribution is -0.167. The van der Waals surface area contributed by atoms with Crippen LogP contribution in [0.3, 0.4) is 0 Å². The summed E-state index contributed by atoms with van der Waals surface area (Å²) >= 11 is 0. The molecule has 12 nitrogen and oxygen atoms in total. The van der Waals surface area contributed by atoms with Crippen LogP contribution in [0.25, 0.3) is 27.5 Å². The minimum Gasteiger partial charge on any atom is -0.480 e. The van der Waals surface area contributed by atoms with E-state index in [1.54, 1.807) is 0 Å². The van der Waals surface area contributed by atoms with Gasteiger partial charge in [0.15, 0.2) is 0 Å². The Labute approximate surface area is 276 Å². The highest BCUT2D eigenvalue weighted by atomic mass is 19.4. The topological polar surface area (TPSA) is 149 Å². The number of amides is 1. The molecule has 0 bridgehead atoms. The summed E-state index contributed by atoms with van der Waals surface area (Å²) in [6, 6.07) is 1.97.